The molecule has 2 aromatic rings. The van der Waals surface area contributed by atoms with E-state index in [1.807, 2.05) is 30.5 Å². The number of guanidine groups is 1. The van der Waals surface area contributed by atoms with Crippen molar-refractivity contribution in [3.05, 3.63) is 54.7 Å². The van der Waals surface area contributed by atoms with E-state index in [0.717, 1.165) is 56.5 Å². The second kappa shape index (κ2) is 10.4. The second-order valence-corrected chi connectivity index (χ2v) is 6.59. The van der Waals surface area contributed by atoms with Gasteiger partial charge in [-0.15, -0.1) is 0 Å². The number of likely N-dealkylation sites (tertiary alicyclic amines) is 1. The Morgan fingerprint density at radius 3 is 2.54 bits per heavy atom. The average molecular weight is 351 g/mol. The number of para-hydroxylation sites is 1. The lowest BCUT2D eigenvalue weighted by Gasteiger charge is -2.30. The number of pyridine rings is 1. The molecule has 1 saturated heterocycles. The maximum absolute atomic E-state index is 4.88. The topological polar surface area (TPSA) is 52.6 Å². The molecule has 0 unspecified atom stereocenters. The number of hydrogen-bond acceptors (Lipinski definition) is 3. The molecule has 5 heteroatoms. The van der Waals surface area contributed by atoms with Gasteiger partial charge in [0.2, 0.25) is 0 Å². The van der Waals surface area contributed by atoms with E-state index in [4.69, 9.17) is 4.99 Å². The van der Waals surface area contributed by atoms with Crippen molar-refractivity contribution >= 4 is 17.5 Å². The first-order valence-corrected chi connectivity index (χ1v) is 9.68. The highest BCUT2D eigenvalue weighted by Gasteiger charge is 2.14. The summed E-state index contributed by atoms with van der Waals surface area (Å²) in [7, 11) is 0. The van der Waals surface area contributed by atoms with Crippen molar-refractivity contribution in [1.82, 2.24) is 9.88 Å². The minimum atomic E-state index is 0.843. The minimum Gasteiger partial charge on any atom is -0.370 e. The standard InChI is InChI=1S/C21H29N5/c1-3-11-19(12-4-1)25-21(26-17-9-2-10-18-26)24-16-8-7-15-23-20-13-5-6-14-22-20/h1,3-6,11-14H,2,7-10,15-18H2,(H,22,23)(H,24,25). The number of nitrogens with one attached hydrogen (secondary N) is 2. The Labute approximate surface area is 156 Å². The summed E-state index contributed by atoms with van der Waals surface area (Å²) in [5, 5.41) is 6.87. The van der Waals surface area contributed by atoms with Crippen LogP contribution >= 0.6 is 0 Å². The van der Waals surface area contributed by atoms with Crippen LogP contribution in [0.1, 0.15) is 32.1 Å². The molecule has 1 fully saturated rings. The fourth-order valence-corrected chi connectivity index (χ4v) is 3.08. The Hall–Kier alpha value is -2.56. The number of aromatic nitrogens is 1. The fraction of sp³-hybridized carbons (Fsp3) is 0.429. The van der Waals surface area contributed by atoms with Gasteiger partial charge in [0.15, 0.2) is 5.96 Å². The van der Waals surface area contributed by atoms with E-state index in [1.54, 1.807) is 0 Å². The first-order chi connectivity index (χ1) is 12.9. The maximum atomic E-state index is 4.88. The van der Waals surface area contributed by atoms with Crippen LogP contribution in [0.4, 0.5) is 11.5 Å². The predicted molar refractivity (Wildman–Crippen MR) is 110 cm³/mol. The smallest absolute Gasteiger partial charge is 0.198 e. The van der Waals surface area contributed by atoms with Gasteiger partial charge in [0.05, 0.1) is 0 Å². The quantitative estimate of drug-likeness (QED) is 0.445. The van der Waals surface area contributed by atoms with Crippen LogP contribution in [-0.4, -0.2) is 42.0 Å². The zero-order valence-corrected chi connectivity index (χ0v) is 15.4. The summed E-state index contributed by atoms with van der Waals surface area (Å²) < 4.78 is 0. The third-order valence-electron chi connectivity index (χ3n) is 4.50. The first kappa shape index (κ1) is 18.2. The lowest BCUT2D eigenvalue weighted by Crippen LogP contribution is -2.40. The van der Waals surface area contributed by atoms with Gasteiger partial charge in [0.25, 0.3) is 0 Å². The number of unbranched alkanes of at least 4 members (excludes halogenated alkanes) is 1. The lowest BCUT2D eigenvalue weighted by molar-refractivity contribution is 0.340. The summed E-state index contributed by atoms with van der Waals surface area (Å²) in [6, 6.07) is 16.3. The van der Waals surface area contributed by atoms with E-state index < -0.39 is 0 Å². The normalized spacial score (nSPS) is 14.9. The second-order valence-electron chi connectivity index (χ2n) is 6.59. The third kappa shape index (κ3) is 6.06. The van der Waals surface area contributed by atoms with E-state index in [9.17, 15) is 0 Å². The van der Waals surface area contributed by atoms with E-state index >= 15 is 0 Å². The van der Waals surface area contributed by atoms with E-state index in [1.165, 1.54) is 19.3 Å². The molecule has 0 aliphatic carbocycles. The minimum absolute atomic E-state index is 0.843. The average Bonchev–Trinajstić information content (AvgIpc) is 2.72. The molecule has 5 nitrogen and oxygen atoms in total. The van der Waals surface area contributed by atoms with Gasteiger partial charge in [-0.25, -0.2) is 4.98 Å². The van der Waals surface area contributed by atoms with Gasteiger partial charge >= 0.3 is 0 Å². The number of benzene rings is 1. The SMILES string of the molecule is c1ccc(NC(=NCCCCNc2ccccn2)N2CCCCC2)cc1. The lowest BCUT2D eigenvalue weighted by atomic mass is 10.1. The van der Waals surface area contributed by atoms with Crippen LogP contribution < -0.4 is 10.6 Å². The number of piperidine rings is 1. The number of nitrogens with zero attached hydrogens (tertiary/aromatic N) is 3. The van der Waals surface area contributed by atoms with Crippen molar-refractivity contribution in [2.24, 2.45) is 4.99 Å². The van der Waals surface area contributed by atoms with E-state index in [-0.39, 0.29) is 0 Å². The molecule has 0 saturated carbocycles. The van der Waals surface area contributed by atoms with Crippen LogP contribution in [0.25, 0.3) is 0 Å². The fourth-order valence-electron chi connectivity index (χ4n) is 3.08. The maximum Gasteiger partial charge on any atom is 0.198 e. The Balaban J connectivity index is 1.47. The number of aliphatic imine (C=N–C) groups is 1. The van der Waals surface area contributed by atoms with Gasteiger partial charge in [-0.2, -0.15) is 0 Å². The van der Waals surface area contributed by atoms with Crippen molar-refractivity contribution in [1.29, 1.82) is 0 Å². The van der Waals surface area contributed by atoms with Crippen LogP contribution in [0.2, 0.25) is 0 Å². The molecular weight excluding hydrogens is 322 g/mol. The van der Waals surface area contributed by atoms with Crippen LogP contribution in [0, 0.1) is 0 Å². The summed E-state index contributed by atoms with van der Waals surface area (Å²) in [6.07, 6.45) is 7.79. The molecule has 0 spiro atoms. The van der Waals surface area contributed by atoms with E-state index in [2.05, 4.69) is 44.8 Å². The number of hydrogen-bond donors (Lipinski definition) is 2. The van der Waals surface area contributed by atoms with Crippen LogP contribution in [0.15, 0.2) is 59.7 Å². The Kier molecular flexibility index (Phi) is 7.32. The highest BCUT2D eigenvalue weighted by molar-refractivity contribution is 5.93. The van der Waals surface area contributed by atoms with Crippen LogP contribution in [0.3, 0.4) is 0 Å². The molecule has 1 aliphatic heterocycles. The Bertz CT molecular complexity index is 651. The molecule has 1 aliphatic rings. The highest BCUT2D eigenvalue weighted by atomic mass is 15.3. The molecule has 0 radical (unpaired) electrons. The Morgan fingerprint density at radius 2 is 1.77 bits per heavy atom. The third-order valence-corrected chi connectivity index (χ3v) is 4.50. The van der Waals surface area contributed by atoms with Crippen LogP contribution in [-0.2, 0) is 0 Å². The number of anilines is 2. The summed E-state index contributed by atoms with van der Waals surface area (Å²) in [5.74, 6) is 1.96. The van der Waals surface area contributed by atoms with Gasteiger partial charge in [-0.3, -0.25) is 4.99 Å². The number of rotatable bonds is 7. The van der Waals surface area contributed by atoms with Crippen molar-refractivity contribution in [2.45, 2.75) is 32.1 Å². The molecular formula is C21H29N5. The van der Waals surface area contributed by atoms with Crippen molar-refractivity contribution < 1.29 is 0 Å². The monoisotopic (exact) mass is 351 g/mol. The van der Waals surface area contributed by atoms with Gasteiger partial charge in [0.1, 0.15) is 5.82 Å². The molecule has 1 aromatic carbocycles. The molecule has 0 amide bonds. The molecule has 3 rings (SSSR count). The molecule has 2 heterocycles. The molecule has 0 bridgehead atoms. The van der Waals surface area contributed by atoms with Crippen molar-refractivity contribution in [3.63, 3.8) is 0 Å². The van der Waals surface area contributed by atoms with Gasteiger partial charge in [-0.1, -0.05) is 24.3 Å². The molecule has 0 atom stereocenters. The van der Waals surface area contributed by atoms with Gasteiger partial charge in [-0.05, 0) is 56.4 Å². The highest BCUT2D eigenvalue weighted by Crippen LogP contribution is 2.13. The molecule has 2 N–H and O–H groups in total. The van der Waals surface area contributed by atoms with Crippen LogP contribution in [0.5, 0.6) is 0 Å². The zero-order chi connectivity index (χ0) is 17.9. The predicted octanol–water partition coefficient (Wildman–Crippen LogP) is 4.23. The van der Waals surface area contributed by atoms with Crippen molar-refractivity contribution in [3.8, 4) is 0 Å². The largest absolute Gasteiger partial charge is 0.370 e. The zero-order valence-electron chi connectivity index (χ0n) is 15.4. The van der Waals surface area contributed by atoms with Gasteiger partial charge in [0, 0.05) is 38.1 Å². The molecule has 138 valence electrons. The molecule has 26 heavy (non-hydrogen) atoms. The van der Waals surface area contributed by atoms with E-state index in [0.29, 0.717) is 0 Å². The Morgan fingerprint density at radius 1 is 0.962 bits per heavy atom. The summed E-state index contributed by atoms with van der Waals surface area (Å²) in [5.41, 5.74) is 1.11. The van der Waals surface area contributed by atoms with Crippen molar-refractivity contribution in [2.75, 3.05) is 36.8 Å². The summed E-state index contributed by atoms with van der Waals surface area (Å²) in [4.78, 5) is 11.5. The summed E-state index contributed by atoms with van der Waals surface area (Å²) in [6.45, 7) is 3.97. The molecule has 1 aromatic heterocycles. The summed E-state index contributed by atoms with van der Waals surface area (Å²) >= 11 is 0. The van der Waals surface area contributed by atoms with Gasteiger partial charge < -0.3 is 15.5 Å². The first-order valence-electron chi connectivity index (χ1n) is 9.68.